The summed E-state index contributed by atoms with van der Waals surface area (Å²) in [6.45, 7) is 3.84. The van der Waals surface area contributed by atoms with Gasteiger partial charge in [0.2, 0.25) is 5.91 Å². The summed E-state index contributed by atoms with van der Waals surface area (Å²) in [5, 5.41) is 1.17. The van der Waals surface area contributed by atoms with Crippen LogP contribution < -0.4 is 9.80 Å². The van der Waals surface area contributed by atoms with Crippen LogP contribution in [0, 0.1) is 0 Å². The third-order valence-electron chi connectivity index (χ3n) is 5.64. The standard InChI is InChI=1S/C20H26ClN3O3S2/c1-2-6-19(25)22-20-24(17-12-29(26,27)13-18(17)28-20)15-8-7-14(21)11-16(15)23-9-4-3-5-10-23/h7-8,11,17-18H,2-6,9-10,12-13H2,1H3/t17-,18+/m1/s1. The molecule has 0 spiro atoms. The van der Waals surface area contributed by atoms with E-state index in [0.717, 1.165) is 43.7 Å². The van der Waals surface area contributed by atoms with Crippen molar-refractivity contribution in [2.24, 2.45) is 4.99 Å². The Morgan fingerprint density at radius 3 is 2.69 bits per heavy atom. The van der Waals surface area contributed by atoms with Gasteiger partial charge in [-0.25, -0.2) is 8.42 Å². The van der Waals surface area contributed by atoms with Crippen LogP contribution in [0.3, 0.4) is 0 Å². The second kappa shape index (κ2) is 8.47. The van der Waals surface area contributed by atoms with E-state index in [-0.39, 0.29) is 28.7 Å². The molecule has 0 N–H and O–H groups in total. The van der Waals surface area contributed by atoms with Crippen LogP contribution in [0.5, 0.6) is 0 Å². The lowest BCUT2D eigenvalue weighted by Gasteiger charge is -2.34. The van der Waals surface area contributed by atoms with Gasteiger partial charge in [0.15, 0.2) is 15.0 Å². The van der Waals surface area contributed by atoms with Gasteiger partial charge in [0, 0.05) is 29.8 Å². The van der Waals surface area contributed by atoms with Gasteiger partial charge in [-0.2, -0.15) is 4.99 Å². The molecule has 0 aromatic heterocycles. The fraction of sp³-hybridized carbons (Fsp3) is 0.600. The van der Waals surface area contributed by atoms with Crippen LogP contribution in [0.25, 0.3) is 0 Å². The van der Waals surface area contributed by atoms with Crippen molar-refractivity contribution < 1.29 is 13.2 Å². The van der Waals surface area contributed by atoms with E-state index >= 15 is 0 Å². The third kappa shape index (κ3) is 4.44. The van der Waals surface area contributed by atoms with Crippen LogP contribution >= 0.6 is 23.4 Å². The highest BCUT2D eigenvalue weighted by Gasteiger charge is 2.50. The van der Waals surface area contributed by atoms with Crippen LogP contribution in [0.4, 0.5) is 11.4 Å². The molecule has 3 fully saturated rings. The predicted molar refractivity (Wildman–Crippen MR) is 121 cm³/mol. The number of amidine groups is 1. The topological polar surface area (TPSA) is 70.0 Å². The Hall–Kier alpha value is -1.25. The summed E-state index contributed by atoms with van der Waals surface area (Å²) in [6, 6.07) is 5.52. The molecule has 0 aliphatic carbocycles. The SMILES string of the molecule is CCCC(=O)N=C1S[C@H]2CS(=O)(=O)C[C@H]2N1c1ccc(Cl)cc1N1CCCCC1. The third-order valence-corrected chi connectivity index (χ3v) is 9.09. The van der Waals surface area contributed by atoms with Crippen LogP contribution in [0.1, 0.15) is 39.0 Å². The molecule has 1 amide bonds. The number of benzene rings is 1. The number of fused-ring (bicyclic) bond motifs is 1. The van der Waals surface area contributed by atoms with Gasteiger partial charge in [-0.05, 0) is 43.9 Å². The lowest BCUT2D eigenvalue weighted by molar-refractivity contribution is -0.117. The first-order valence-electron chi connectivity index (χ1n) is 10.2. The summed E-state index contributed by atoms with van der Waals surface area (Å²) >= 11 is 7.76. The van der Waals surface area contributed by atoms with Gasteiger partial charge < -0.3 is 9.80 Å². The number of piperidine rings is 1. The molecule has 1 aromatic rings. The summed E-state index contributed by atoms with van der Waals surface area (Å²) in [5.41, 5.74) is 1.90. The van der Waals surface area contributed by atoms with E-state index < -0.39 is 9.84 Å². The lowest BCUT2D eigenvalue weighted by Crippen LogP contribution is -2.39. The highest BCUT2D eigenvalue weighted by molar-refractivity contribution is 8.16. The van der Waals surface area contributed by atoms with E-state index in [2.05, 4.69) is 9.89 Å². The fourth-order valence-corrected chi connectivity index (χ4v) is 8.40. The van der Waals surface area contributed by atoms with Crippen molar-refractivity contribution in [2.45, 2.75) is 50.3 Å². The summed E-state index contributed by atoms with van der Waals surface area (Å²) in [7, 11) is -3.10. The number of thioether (sulfide) groups is 1. The molecule has 158 valence electrons. The molecule has 3 aliphatic rings. The number of carbonyl (C=O) groups is 1. The Bertz CT molecular complexity index is 929. The Morgan fingerprint density at radius 2 is 1.97 bits per heavy atom. The van der Waals surface area contributed by atoms with Crippen LogP contribution in [0.15, 0.2) is 23.2 Å². The molecule has 3 saturated heterocycles. The van der Waals surface area contributed by atoms with Crippen molar-refractivity contribution in [3.8, 4) is 0 Å². The minimum atomic E-state index is -3.10. The molecular formula is C20H26ClN3O3S2. The number of anilines is 2. The van der Waals surface area contributed by atoms with E-state index in [9.17, 15) is 13.2 Å². The lowest BCUT2D eigenvalue weighted by atomic mass is 10.1. The van der Waals surface area contributed by atoms with E-state index in [0.29, 0.717) is 16.6 Å². The number of sulfone groups is 1. The largest absolute Gasteiger partial charge is 0.370 e. The molecule has 3 heterocycles. The number of nitrogens with zero attached hydrogens (tertiary/aromatic N) is 3. The molecule has 29 heavy (non-hydrogen) atoms. The Morgan fingerprint density at radius 1 is 1.21 bits per heavy atom. The molecule has 2 atom stereocenters. The van der Waals surface area contributed by atoms with Crippen LogP contribution in [0.2, 0.25) is 5.02 Å². The van der Waals surface area contributed by atoms with Crippen molar-refractivity contribution in [3.63, 3.8) is 0 Å². The Labute approximate surface area is 181 Å². The molecule has 0 unspecified atom stereocenters. The molecule has 1 aromatic carbocycles. The summed E-state index contributed by atoms with van der Waals surface area (Å²) in [4.78, 5) is 21.0. The number of aliphatic imine (C=N–C) groups is 1. The Kier molecular flexibility index (Phi) is 6.14. The number of amides is 1. The van der Waals surface area contributed by atoms with E-state index in [1.165, 1.54) is 18.2 Å². The van der Waals surface area contributed by atoms with Crippen molar-refractivity contribution in [1.82, 2.24) is 0 Å². The number of rotatable bonds is 4. The van der Waals surface area contributed by atoms with Gasteiger partial charge in [-0.1, -0.05) is 30.3 Å². The number of halogens is 1. The molecule has 4 rings (SSSR count). The number of hydrogen-bond donors (Lipinski definition) is 0. The normalized spacial score (nSPS) is 27.4. The zero-order valence-corrected chi connectivity index (χ0v) is 18.9. The molecule has 0 bridgehead atoms. The molecule has 3 aliphatic heterocycles. The van der Waals surface area contributed by atoms with Gasteiger partial charge in [-0.15, -0.1) is 0 Å². The van der Waals surface area contributed by atoms with E-state index in [1.807, 2.05) is 30.0 Å². The van der Waals surface area contributed by atoms with Crippen molar-refractivity contribution >= 4 is 55.6 Å². The zero-order valence-electron chi connectivity index (χ0n) is 16.5. The maximum atomic E-state index is 12.3. The highest BCUT2D eigenvalue weighted by Crippen LogP contribution is 2.45. The maximum Gasteiger partial charge on any atom is 0.248 e. The quantitative estimate of drug-likeness (QED) is 0.688. The van der Waals surface area contributed by atoms with Crippen molar-refractivity contribution in [2.75, 3.05) is 34.4 Å². The van der Waals surface area contributed by atoms with Crippen LogP contribution in [-0.4, -0.2) is 55.4 Å². The van der Waals surface area contributed by atoms with Gasteiger partial charge in [0.1, 0.15) is 0 Å². The van der Waals surface area contributed by atoms with Crippen molar-refractivity contribution in [3.05, 3.63) is 23.2 Å². The van der Waals surface area contributed by atoms with Gasteiger partial charge in [0.05, 0.1) is 28.9 Å². The van der Waals surface area contributed by atoms with Crippen molar-refractivity contribution in [1.29, 1.82) is 0 Å². The molecule has 6 nitrogen and oxygen atoms in total. The van der Waals surface area contributed by atoms with E-state index in [1.54, 1.807) is 0 Å². The summed E-state index contributed by atoms with van der Waals surface area (Å²) < 4.78 is 24.6. The Balaban J connectivity index is 1.77. The van der Waals surface area contributed by atoms with Gasteiger partial charge in [0.25, 0.3) is 0 Å². The average molecular weight is 456 g/mol. The van der Waals surface area contributed by atoms with E-state index in [4.69, 9.17) is 11.6 Å². The monoisotopic (exact) mass is 455 g/mol. The smallest absolute Gasteiger partial charge is 0.248 e. The molecule has 0 saturated carbocycles. The first kappa shape index (κ1) is 21.0. The molecular weight excluding hydrogens is 430 g/mol. The number of carbonyl (C=O) groups excluding carboxylic acids is 1. The summed E-state index contributed by atoms with van der Waals surface area (Å²) in [5.74, 6) is 0.0662. The first-order valence-corrected chi connectivity index (χ1v) is 13.3. The second-order valence-electron chi connectivity index (χ2n) is 7.89. The minimum absolute atomic E-state index is 0.0910. The zero-order chi connectivity index (χ0) is 20.6. The summed E-state index contributed by atoms with van der Waals surface area (Å²) in [6.07, 6.45) is 4.59. The van der Waals surface area contributed by atoms with Crippen LogP contribution in [-0.2, 0) is 14.6 Å². The molecule has 0 radical (unpaired) electrons. The van der Waals surface area contributed by atoms with Gasteiger partial charge in [-0.3, -0.25) is 4.79 Å². The fourth-order valence-electron chi connectivity index (χ4n) is 4.31. The minimum Gasteiger partial charge on any atom is -0.370 e. The first-order chi connectivity index (χ1) is 13.9. The highest BCUT2D eigenvalue weighted by atomic mass is 35.5. The maximum absolute atomic E-state index is 12.3. The second-order valence-corrected chi connectivity index (χ2v) is 11.7. The van der Waals surface area contributed by atoms with Gasteiger partial charge >= 0.3 is 0 Å². The average Bonchev–Trinajstić information content (AvgIpc) is 3.13. The predicted octanol–water partition coefficient (Wildman–Crippen LogP) is 3.73. The number of hydrogen-bond acceptors (Lipinski definition) is 5. The molecule has 9 heteroatoms.